The van der Waals surface area contributed by atoms with Crippen molar-refractivity contribution in [2.24, 2.45) is 0 Å². The minimum absolute atomic E-state index is 0.0259. The number of sulfonamides is 1. The molecule has 0 unspecified atom stereocenters. The summed E-state index contributed by atoms with van der Waals surface area (Å²) in [6.45, 7) is 5.48. The quantitative estimate of drug-likeness (QED) is 0.426. The zero-order valence-electron chi connectivity index (χ0n) is 21.3. The van der Waals surface area contributed by atoms with Gasteiger partial charge in [-0.25, -0.2) is 8.42 Å². The molecule has 2 atom stereocenters. The Kier molecular flexibility index (Phi) is 9.23. The van der Waals surface area contributed by atoms with Crippen LogP contribution in [0.3, 0.4) is 0 Å². The number of nitrogens with zero attached hydrogens (tertiary/aromatic N) is 2. The fraction of sp³-hybridized carbons (Fsp3) is 0.357. The van der Waals surface area contributed by atoms with Crippen molar-refractivity contribution in [2.75, 3.05) is 20.1 Å². The van der Waals surface area contributed by atoms with Gasteiger partial charge in [-0.05, 0) is 55.2 Å². The number of likely N-dealkylation sites (N-methyl/N-ethyl adjacent to an activating group) is 1. The Labute approximate surface area is 214 Å². The first-order chi connectivity index (χ1) is 17.1. The van der Waals surface area contributed by atoms with Crippen molar-refractivity contribution in [1.29, 1.82) is 0 Å². The highest BCUT2D eigenvalue weighted by molar-refractivity contribution is 7.89. The van der Waals surface area contributed by atoms with Crippen LogP contribution >= 0.6 is 0 Å². The van der Waals surface area contributed by atoms with Crippen LogP contribution in [0.15, 0.2) is 77.7 Å². The predicted octanol–water partition coefficient (Wildman–Crippen LogP) is 3.83. The zero-order valence-corrected chi connectivity index (χ0v) is 22.2. The number of benzene rings is 3. The molecule has 8 heteroatoms. The van der Waals surface area contributed by atoms with E-state index in [2.05, 4.69) is 5.32 Å². The van der Waals surface area contributed by atoms with Gasteiger partial charge in [0.15, 0.2) is 0 Å². The van der Waals surface area contributed by atoms with Crippen molar-refractivity contribution >= 4 is 32.6 Å². The van der Waals surface area contributed by atoms with Gasteiger partial charge in [0.25, 0.3) is 0 Å². The average Bonchev–Trinajstić information content (AvgIpc) is 2.88. The number of hydrogen-bond donors (Lipinski definition) is 1. The van der Waals surface area contributed by atoms with Gasteiger partial charge in [0.05, 0.1) is 11.4 Å². The number of fused-ring (bicyclic) bond motifs is 1. The molecule has 0 heterocycles. The van der Waals surface area contributed by atoms with Gasteiger partial charge >= 0.3 is 0 Å². The summed E-state index contributed by atoms with van der Waals surface area (Å²) in [4.78, 5) is 27.9. The maximum Gasteiger partial charge on any atom is 0.243 e. The molecule has 0 saturated heterocycles. The molecule has 0 aromatic heterocycles. The maximum absolute atomic E-state index is 13.4. The van der Waals surface area contributed by atoms with Gasteiger partial charge in [-0.1, -0.05) is 67.6 Å². The molecule has 3 aromatic carbocycles. The summed E-state index contributed by atoms with van der Waals surface area (Å²) in [6.07, 6.45) is 1.32. The van der Waals surface area contributed by atoms with E-state index in [1.807, 2.05) is 68.4 Å². The number of nitrogens with one attached hydrogen (secondary N) is 1. The van der Waals surface area contributed by atoms with Crippen molar-refractivity contribution in [3.05, 3.63) is 78.4 Å². The summed E-state index contributed by atoms with van der Waals surface area (Å²) in [7, 11) is -2.52. The lowest BCUT2D eigenvalue weighted by Crippen LogP contribution is -2.52. The lowest BCUT2D eigenvalue weighted by atomic mass is 10.1. The highest BCUT2D eigenvalue weighted by Gasteiger charge is 2.30. The fourth-order valence-corrected chi connectivity index (χ4v) is 5.07. The minimum atomic E-state index is -3.91. The molecule has 0 aliphatic rings. The van der Waals surface area contributed by atoms with Gasteiger partial charge in [-0.2, -0.15) is 4.31 Å². The summed E-state index contributed by atoms with van der Waals surface area (Å²) in [6, 6.07) is 21.3. The van der Waals surface area contributed by atoms with Crippen molar-refractivity contribution in [3.63, 3.8) is 0 Å². The Morgan fingerprint density at radius 2 is 1.56 bits per heavy atom. The van der Waals surface area contributed by atoms with Crippen LogP contribution in [-0.4, -0.2) is 61.7 Å². The molecule has 0 fully saturated rings. The van der Waals surface area contributed by atoms with Gasteiger partial charge in [-0.15, -0.1) is 0 Å². The monoisotopic (exact) mass is 509 g/mol. The van der Waals surface area contributed by atoms with E-state index in [0.717, 1.165) is 27.1 Å². The molecule has 7 nitrogen and oxygen atoms in total. The smallest absolute Gasteiger partial charge is 0.243 e. The Morgan fingerprint density at radius 1 is 0.917 bits per heavy atom. The standard InChI is InChI=1S/C28H35N3O4S/c1-5-21(2)29-28(33)22(3)31(18-17-23-11-7-6-8-12-23)27(32)20-30(4)36(34,35)26-16-15-24-13-9-10-14-25(24)19-26/h6-16,19,21-22H,5,17-18,20H2,1-4H3,(H,29,33)/t21-,22-/m0/s1. The minimum Gasteiger partial charge on any atom is -0.352 e. The Morgan fingerprint density at radius 3 is 2.22 bits per heavy atom. The summed E-state index contributed by atoms with van der Waals surface area (Å²) in [5, 5.41) is 4.66. The summed E-state index contributed by atoms with van der Waals surface area (Å²) < 4.78 is 27.6. The van der Waals surface area contributed by atoms with E-state index in [4.69, 9.17) is 0 Å². The average molecular weight is 510 g/mol. The third kappa shape index (κ3) is 6.71. The number of rotatable bonds is 11. The first kappa shape index (κ1) is 27.4. The Hall–Kier alpha value is -3.23. The van der Waals surface area contributed by atoms with Crippen LogP contribution in [0.5, 0.6) is 0 Å². The first-order valence-corrected chi connectivity index (χ1v) is 13.7. The fourth-order valence-electron chi connectivity index (χ4n) is 3.91. The van der Waals surface area contributed by atoms with Gasteiger partial charge in [0, 0.05) is 19.6 Å². The molecule has 2 amide bonds. The van der Waals surface area contributed by atoms with Crippen molar-refractivity contribution in [1.82, 2.24) is 14.5 Å². The van der Waals surface area contributed by atoms with Crippen molar-refractivity contribution in [2.45, 2.75) is 50.6 Å². The normalized spacial score (nSPS) is 13.4. The molecule has 1 N–H and O–H groups in total. The molecule has 192 valence electrons. The lowest BCUT2D eigenvalue weighted by Gasteiger charge is -2.31. The molecule has 0 radical (unpaired) electrons. The van der Waals surface area contributed by atoms with E-state index in [-0.39, 0.29) is 23.4 Å². The van der Waals surface area contributed by atoms with Gasteiger partial charge in [0.1, 0.15) is 6.04 Å². The second-order valence-electron chi connectivity index (χ2n) is 9.09. The van der Waals surface area contributed by atoms with Crippen LogP contribution in [0.4, 0.5) is 0 Å². The van der Waals surface area contributed by atoms with Crippen LogP contribution < -0.4 is 5.32 Å². The van der Waals surface area contributed by atoms with Crippen molar-refractivity contribution < 1.29 is 18.0 Å². The van der Waals surface area contributed by atoms with Gasteiger partial charge in [0.2, 0.25) is 21.8 Å². The number of hydrogen-bond acceptors (Lipinski definition) is 4. The van der Waals surface area contributed by atoms with E-state index >= 15 is 0 Å². The van der Waals surface area contributed by atoms with E-state index in [9.17, 15) is 18.0 Å². The Bertz CT molecular complexity index is 1290. The molecular weight excluding hydrogens is 474 g/mol. The van der Waals surface area contributed by atoms with E-state index in [1.54, 1.807) is 25.1 Å². The van der Waals surface area contributed by atoms with Crippen molar-refractivity contribution in [3.8, 4) is 0 Å². The molecule has 36 heavy (non-hydrogen) atoms. The molecule has 0 spiro atoms. The number of amides is 2. The SMILES string of the molecule is CC[C@H](C)NC(=O)[C@H](C)N(CCc1ccccc1)C(=O)CN(C)S(=O)(=O)c1ccc2ccccc2c1. The molecule has 0 aliphatic carbocycles. The zero-order chi connectivity index (χ0) is 26.3. The van der Waals surface area contributed by atoms with Crippen LogP contribution in [0.1, 0.15) is 32.8 Å². The number of carbonyl (C=O) groups is 2. The second-order valence-corrected chi connectivity index (χ2v) is 11.1. The van der Waals surface area contributed by atoms with Crippen LogP contribution in [0, 0.1) is 0 Å². The molecule has 3 aromatic rings. The molecule has 3 rings (SSSR count). The molecule has 0 aliphatic heterocycles. The first-order valence-electron chi connectivity index (χ1n) is 12.2. The summed E-state index contributed by atoms with van der Waals surface area (Å²) in [5.74, 6) is -0.685. The third-order valence-corrected chi connectivity index (χ3v) is 8.24. The van der Waals surface area contributed by atoms with E-state index in [1.165, 1.54) is 11.9 Å². The topological polar surface area (TPSA) is 86.8 Å². The molecule has 0 bridgehead atoms. The van der Waals surface area contributed by atoms with E-state index in [0.29, 0.717) is 13.0 Å². The lowest BCUT2D eigenvalue weighted by molar-refractivity contribution is -0.140. The molecule has 0 saturated carbocycles. The third-order valence-electron chi connectivity index (χ3n) is 6.44. The van der Waals surface area contributed by atoms with Gasteiger partial charge < -0.3 is 10.2 Å². The highest BCUT2D eigenvalue weighted by atomic mass is 32.2. The van der Waals surface area contributed by atoms with Crippen LogP contribution in [0.25, 0.3) is 10.8 Å². The Balaban J connectivity index is 1.79. The van der Waals surface area contributed by atoms with Gasteiger partial charge in [-0.3, -0.25) is 9.59 Å². The second kappa shape index (κ2) is 12.1. The molecular formula is C28H35N3O4S. The summed E-state index contributed by atoms with van der Waals surface area (Å²) >= 11 is 0. The predicted molar refractivity (Wildman–Crippen MR) is 143 cm³/mol. The van der Waals surface area contributed by atoms with E-state index < -0.39 is 22.0 Å². The largest absolute Gasteiger partial charge is 0.352 e. The van der Waals surface area contributed by atoms with Crippen LogP contribution in [0.2, 0.25) is 0 Å². The summed E-state index contributed by atoms with van der Waals surface area (Å²) in [5.41, 5.74) is 1.03. The highest BCUT2D eigenvalue weighted by Crippen LogP contribution is 2.21. The maximum atomic E-state index is 13.4. The van der Waals surface area contributed by atoms with Crippen LogP contribution in [-0.2, 0) is 26.0 Å². The number of carbonyl (C=O) groups excluding carboxylic acids is 2.